The van der Waals surface area contributed by atoms with Gasteiger partial charge in [-0.3, -0.25) is 4.79 Å². The molecule has 0 bridgehead atoms. The van der Waals surface area contributed by atoms with Crippen molar-refractivity contribution in [2.75, 3.05) is 19.3 Å². The predicted molar refractivity (Wildman–Crippen MR) is 76.7 cm³/mol. The van der Waals surface area contributed by atoms with Gasteiger partial charge < -0.3 is 14.8 Å². The predicted octanol–water partition coefficient (Wildman–Crippen LogP) is 0.266. The first-order valence-electron chi connectivity index (χ1n) is 6.82. The summed E-state index contributed by atoms with van der Waals surface area (Å²) in [7, 11) is -3.20. The lowest BCUT2D eigenvalue weighted by molar-refractivity contribution is -0.126. The summed E-state index contributed by atoms with van der Waals surface area (Å²) in [6, 6.07) is 2.82. The molecule has 0 atom stereocenters. The van der Waals surface area contributed by atoms with Crippen LogP contribution in [-0.4, -0.2) is 49.1 Å². The molecule has 2 rings (SSSR count). The third-order valence-electron chi connectivity index (χ3n) is 3.60. The maximum Gasteiger partial charge on any atom is 0.371 e. The van der Waals surface area contributed by atoms with Crippen molar-refractivity contribution in [2.45, 2.75) is 19.4 Å². The van der Waals surface area contributed by atoms with Gasteiger partial charge >= 0.3 is 5.97 Å². The molecule has 1 amide bonds. The zero-order chi connectivity index (χ0) is 16.3. The number of carbonyl (C=O) groups excluding carboxylic acids is 1. The number of hydrogen-bond acceptors (Lipinski definition) is 5. The molecule has 2 N–H and O–H groups in total. The average molecular weight is 330 g/mol. The fourth-order valence-electron chi connectivity index (χ4n) is 2.36. The second-order valence-corrected chi connectivity index (χ2v) is 7.21. The fourth-order valence-corrected chi connectivity index (χ4v) is 3.23. The van der Waals surface area contributed by atoms with Crippen LogP contribution >= 0.6 is 0 Å². The second-order valence-electron chi connectivity index (χ2n) is 5.23. The van der Waals surface area contributed by atoms with E-state index in [9.17, 15) is 18.0 Å². The van der Waals surface area contributed by atoms with E-state index in [0.29, 0.717) is 31.7 Å². The number of furan rings is 1. The SMILES string of the molecule is CS(=O)(=O)N1CCC(C(=O)NCc2ccc(C(=O)O)o2)CC1. The summed E-state index contributed by atoms with van der Waals surface area (Å²) in [5, 5.41) is 11.4. The van der Waals surface area contributed by atoms with E-state index in [4.69, 9.17) is 9.52 Å². The number of carbonyl (C=O) groups is 2. The van der Waals surface area contributed by atoms with Crippen LogP contribution in [0.5, 0.6) is 0 Å². The first-order valence-corrected chi connectivity index (χ1v) is 8.67. The highest BCUT2D eigenvalue weighted by Gasteiger charge is 2.28. The normalized spacial score (nSPS) is 17.3. The van der Waals surface area contributed by atoms with Crippen molar-refractivity contribution >= 4 is 21.9 Å². The Labute approximate surface area is 128 Å². The number of hydrogen-bond donors (Lipinski definition) is 2. The van der Waals surface area contributed by atoms with Gasteiger partial charge in [-0.15, -0.1) is 0 Å². The average Bonchev–Trinajstić information content (AvgIpc) is 2.93. The Morgan fingerprint density at radius 3 is 2.50 bits per heavy atom. The number of carboxylic acids is 1. The summed E-state index contributed by atoms with van der Waals surface area (Å²) in [6.07, 6.45) is 2.10. The van der Waals surface area contributed by atoms with Gasteiger partial charge in [-0.25, -0.2) is 17.5 Å². The van der Waals surface area contributed by atoms with Crippen molar-refractivity contribution in [3.05, 3.63) is 23.7 Å². The Balaban J connectivity index is 1.82. The Hall–Kier alpha value is -1.87. The highest BCUT2D eigenvalue weighted by molar-refractivity contribution is 7.88. The maximum atomic E-state index is 12.0. The third-order valence-corrected chi connectivity index (χ3v) is 4.91. The van der Waals surface area contributed by atoms with Gasteiger partial charge in [-0.1, -0.05) is 0 Å². The molecule has 1 aliphatic rings. The molecule has 0 saturated carbocycles. The molecular weight excluding hydrogens is 312 g/mol. The third kappa shape index (κ3) is 4.08. The minimum Gasteiger partial charge on any atom is -0.475 e. The Bertz CT molecular complexity index is 658. The van der Waals surface area contributed by atoms with Gasteiger partial charge in [0.15, 0.2) is 0 Å². The van der Waals surface area contributed by atoms with Gasteiger partial charge in [0.25, 0.3) is 0 Å². The first-order chi connectivity index (χ1) is 10.3. The highest BCUT2D eigenvalue weighted by Crippen LogP contribution is 2.19. The van der Waals surface area contributed by atoms with Gasteiger partial charge in [0.2, 0.25) is 21.7 Å². The van der Waals surface area contributed by atoms with Gasteiger partial charge in [-0.2, -0.15) is 0 Å². The number of piperidine rings is 1. The zero-order valence-electron chi connectivity index (χ0n) is 12.1. The van der Waals surface area contributed by atoms with Crippen LogP contribution in [0.25, 0.3) is 0 Å². The van der Waals surface area contributed by atoms with E-state index in [2.05, 4.69) is 5.32 Å². The fraction of sp³-hybridized carbons (Fsp3) is 0.538. The number of rotatable bonds is 5. The van der Waals surface area contributed by atoms with E-state index in [0.717, 1.165) is 6.26 Å². The van der Waals surface area contributed by atoms with E-state index in [-0.39, 0.29) is 24.1 Å². The molecule has 122 valence electrons. The number of amides is 1. The van der Waals surface area contributed by atoms with Crippen molar-refractivity contribution < 1.29 is 27.5 Å². The first kappa shape index (κ1) is 16.5. The second kappa shape index (κ2) is 6.49. The molecule has 0 spiro atoms. The topological polar surface area (TPSA) is 117 Å². The van der Waals surface area contributed by atoms with E-state index < -0.39 is 16.0 Å². The number of nitrogens with one attached hydrogen (secondary N) is 1. The summed E-state index contributed by atoms with van der Waals surface area (Å²) >= 11 is 0. The molecule has 9 heteroatoms. The molecule has 0 unspecified atom stereocenters. The lowest BCUT2D eigenvalue weighted by atomic mass is 9.97. The molecule has 1 aromatic rings. The van der Waals surface area contributed by atoms with Crippen LogP contribution in [0.3, 0.4) is 0 Å². The molecule has 0 aliphatic carbocycles. The summed E-state index contributed by atoms with van der Waals surface area (Å²) in [4.78, 5) is 22.7. The van der Waals surface area contributed by atoms with Gasteiger partial charge in [0.05, 0.1) is 12.8 Å². The van der Waals surface area contributed by atoms with Gasteiger partial charge in [0.1, 0.15) is 5.76 Å². The lowest BCUT2D eigenvalue weighted by Crippen LogP contribution is -2.42. The summed E-state index contributed by atoms with van der Waals surface area (Å²) in [6.45, 7) is 0.778. The zero-order valence-corrected chi connectivity index (χ0v) is 12.9. The molecule has 1 aromatic heterocycles. The number of sulfonamides is 1. The molecule has 22 heavy (non-hydrogen) atoms. The van der Waals surface area contributed by atoms with Crippen molar-refractivity contribution in [1.82, 2.24) is 9.62 Å². The minimum absolute atomic E-state index is 0.110. The molecular formula is C13H18N2O6S. The quantitative estimate of drug-likeness (QED) is 0.800. The van der Waals surface area contributed by atoms with Crippen molar-refractivity contribution in [1.29, 1.82) is 0 Å². The van der Waals surface area contributed by atoms with E-state index in [1.807, 2.05) is 0 Å². The van der Waals surface area contributed by atoms with Crippen molar-refractivity contribution in [3.8, 4) is 0 Å². The number of carboxylic acid groups (broad SMARTS) is 1. The molecule has 0 aromatic carbocycles. The van der Waals surface area contributed by atoms with Crippen LogP contribution in [0, 0.1) is 5.92 Å². The van der Waals surface area contributed by atoms with Crippen molar-refractivity contribution in [3.63, 3.8) is 0 Å². The van der Waals surface area contributed by atoms with Gasteiger partial charge in [-0.05, 0) is 25.0 Å². The van der Waals surface area contributed by atoms with Gasteiger partial charge in [0, 0.05) is 19.0 Å². The van der Waals surface area contributed by atoms with Crippen LogP contribution in [0.15, 0.2) is 16.5 Å². The molecule has 1 fully saturated rings. The summed E-state index contributed by atoms with van der Waals surface area (Å²) in [5.74, 6) is -1.40. The standard InChI is InChI=1S/C13H18N2O6S/c1-22(19,20)15-6-4-9(5-7-15)12(16)14-8-10-2-3-11(21-10)13(17)18/h2-3,9H,4-8H2,1H3,(H,14,16)(H,17,18). The van der Waals surface area contributed by atoms with E-state index in [1.165, 1.54) is 16.4 Å². The highest BCUT2D eigenvalue weighted by atomic mass is 32.2. The summed E-state index contributed by atoms with van der Waals surface area (Å²) in [5.41, 5.74) is 0. The van der Waals surface area contributed by atoms with Crippen LogP contribution in [0.1, 0.15) is 29.2 Å². The van der Waals surface area contributed by atoms with Crippen LogP contribution in [-0.2, 0) is 21.4 Å². The van der Waals surface area contributed by atoms with E-state index in [1.54, 1.807) is 0 Å². The minimum atomic E-state index is -3.20. The molecule has 1 aliphatic heterocycles. The monoisotopic (exact) mass is 330 g/mol. The molecule has 2 heterocycles. The maximum absolute atomic E-state index is 12.0. The molecule has 0 radical (unpaired) electrons. The largest absolute Gasteiger partial charge is 0.475 e. The smallest absolute Gasteiger partial charge is 0.371 e. The Morgan fingerprint density at radius 1 is 1.36 bits per heavy atom. The van der Waals surface area contributed by atoms with Crippen LogP contribution in [0.2, 0.25) is 0 Å². The number of nitrogens with zero attached hydrogens (tertiary/aromatic N) is 1. The Morgan fingerprint density at radius 2 is 2.00 bits per heavy atom. The van der Waals surface area contributed by atoms with E-state index >= 15 is 0 Å². The van der Waals surface area contributed by atoms with Crippen LogP contribution in [0.4, 0.5) is 0 Å². The number of aromatic carboxylic acids is 1. The van der Waals surface area contributed by atoms with Crippen LogP contribution < -0.4 is 5.32 Å². The van der Waals surface area contributed by atoms with Crippen molar-refractivity contribution in [2.24, 2.45) is 5.92 Å². The Kier molecular flexibility index (Phi) is 4.87. The molecule has 8 nitrogen and oxygen atoms in total. The lowest BCUT2D eigenvalue weighted by Gasteiger charge is -2.29. The molecule has 1 saturated heterocycles. The summed E-state index contributed by atoms with van der Waals surface area (Å²) < 4.78 is 29.2.